The number of hydrogen-bond acceptors (Lipinski definition) is 2. The average molecular weight is 453 g/mol. The van der Waals surface area contributed by atoms with Crippen molar-refractivity contribution in [2.24, 2.45) is 0 Å². The van der Waals surface area contributed by atoms with Crippen LogP contribution >= 0.6 is 0 Å². The molecule has 0 saturated heterocycles. The molecular weight excluding hydrogens is 404 g/mol. The van der Waals surface area contributed by atoms with Crippen LogP contribution in [0.25, 0.3) is 0 Å². The van der Waals surface area contributed by atoms with Crippen molar-refractivity contribution in [2.45, 2.75) is 122 Å². The monoisotopic (exact) mass is 452 g/mol. The molecule has 2 aromatic rings. The van der Waals surface area contributed by atoms with Gasteiger partial charge in [-0.15, -0.1) is 0 Å². The Morgan fingerprint density at radius 2 is 0.938 bits per heavy atom. The highest BCUT2D eigenvalue weighted by atomic mass is 28.3. The van der Waals surface area contributed by atoms with E-state index in [1.54, 1.807) is 0 Å². The fourth-order valence-electron chi connectivity index (χ4n) is 4.86. The van der Waals surface area contributed by atoms with Crippen LogP contribution in [-0.4, -0.2) is 18.0 Å². The molecule has 0 fully saturated rings. The summed E-state index contributed by atoms with van der Waals surface area (Å²) in [6, 6.07) is 10.0. The van der Waals surface area contributed by atoms with E-state index in [2.05, 4.69) is 60.1 Å². The summed E-state index contributed by atoms with van der Waals surface area (Å²) in [4.78, 5) is 8.83. The normalized spacial score (nSPS) is 11.7. The number of rotatable bonds is 19. The molecule has 2 aromatic heterocycles. The van der Waals surface area contributed by atoms with Gasteiger partial charge in [0.15, 0.2) is 0 Å². The Labute approximate surface area is 199 Å². The molecule has 0 aliphatic rings. The van der Waals surface area contributed by atoms with Crippen LogP contribution in [0.4, 0.5) is 0 Å². The van der Waals surface area contributed by atoms with E-state index in [1.165, 1.54) is 119 Å². The minimum absolute atomic E-state index is 1.29. The smallest absolute Gasteiger partial charge is 0.119 e. The van der Waals surface area contributed by atoms with Gasteiger partial charge in [0.25, 0.3) is 0 Å². The maximum atomic E-state index is 4.42. The van der Waals surface area contributed by atoms with E-state index in [0.717, 1.165) is 0 Å². The van der Waals surface area contributed by atoms with Gasteiger partial charge >= 0.3 is 0 Å². The van der Waals surface area contributed by atoms with Crippen LogP contribution in [0, 0.1) is 0 Å². The highest BCUT2D eigenvalue weighted by molar-refractivity contribution is 7.01. The van der Waals surface area contributed by atoms with Crippen LogP contribution in [0.2, 0.25) is 12.6 Å². The lowest BCUT2D eigenvalue weighted by Gasteiger charge is -2.28. The third-order valence-corrected chi connectivity index (χ3v) is 11.6. The number of aromatic nitrogens is 2. The molecule has 2 heterocycles. The lowest BCUT2D eigenvalue weighted by Crippen LogP contribution is -2.55. The Kier molecular flexibility index (Phi) is 14.3. The summed E-state index contributed by atoms with van der Waals surface area (Å²) < 4.78 is 0. The van der Waals surface area contributed by atoms with Gasteiger partial charge in [-0.25, -0.2) is 0 Å². The summed E-state index contributed by atoms with van der Waals surface area (Å²) >= 11 is 0. The van der Waals surface area contributed by atoms with Gasteiger partial charge in [-0.05, 0) is 28.6 Å². The predicted molar refractivity (Wildman–Crippen MR) is 144 cm³/mol. The predicted octanol–water partition coefficient (Wildman–Crippen LogP) is 7.93. The fourth-order valence-corrected chi connectivity index (χ4v) is 8.38. The molecule has 0 unspecified atom stereocenters. The van der Waals surface area contributed by atoms with Gasteiger partial charge in [-0.2, -0.15) is 0 Å². The molecule has 0 spiro atoms. The van der Waals surface area contributed by atoms with Crippen molar-refractivity contribution in [2.75, 3.05) is 0 Å². The van der Waals surface area contributed by atoms with Gasteiger partial charge in [0.05, 0.1) is 0 Å². The van der Waals surface area contributed by atoms with Gasteiger partial charge in [0.1, 0.15) is 8.07 Å². The quantitative estimate of drug-likeness (QED) is 0.160. The van der Waals surface area contributed by atoms with Gasteiger partial charge in [-0.1, -0.05) is 128 Å². The van der Waals surface area contributed by atoms with Crippen molar-refractivity contribution < 1.29 is 0 Å². The third-order valence-electron chi connectivity index (χ3n) is 7.13. The molecule has 0 atom stereocenters. The molecule has 32 heavy (non-hydrogen) atoms. The number of hydrogen-bond donors (Lipinski definition) is 0. The van der Waals surface area contributed by atoms with Crippen molar-refractivity contribution in [3.63, 3.8) is 0 Å². The van der Waals surface area contributed by atoms with Crippen molar-refractivity contribution in [3.8, 4) is 0 Å². The average Bonchev–Trinajstić information content (AvgIpc) is 2.84. The number of pyridine rings is 2. The van der Waals surface area contributed by atoms with Crippen molar-refractivity contribution >= 4 is 18.4 Å². The van der Waals surface area contributed by atoms with Gasteiger partial charge in [0.2, 0.25) is 0 Å². The molecule has 0 N–H and O–H groups in total. The van der Waals surface area contributed by atoms with Crippen molar-refractivity contribution in [1.29, 1.82) is 0 Å². The highest BCUT2D eigenvalue weighted by Gasteiger charge is 2.31. The van der Waals surface area contributed by atoms with E-state index in [4.69, 9.17) is 0 Å². The molecule has 0 aliphatic carbocycles. The maximum Gasteiger partial charge on any atom is 0.119 e. The van der Waals surface area contributed by atoms with Crippen LogP contribution in [-0.2, 0) is 0 Å². The molecule has 0 aromatic carbocycles. The van der Waals surface area contributed by atoms with Crippen molar-refractivity contribution in [3.05, 3.63) is 49.1 Å². The summed E-state index contributed by atoms with van der Waals surface area (Å²) in [6.45, 7) is 4.79. The van der Waals surface area contributed by atoms with Crippen molar-refractivity contribution in [1.82, 2.24) is 9.97 Å². The molecule has 0 amide bonds. The Morgan fingerprint density at radius 3 is 1.28 bits per heavy atom. The molecule has 0 saturated carbocycles. The van der Waals surface area contributed by atoms with E-state index in [1.807, 2.05) is 12.4 Å². The first kappa shape index (κ1) is 26.8. The molecule has 2 nitrogen and oxygen atoms in total. The fraction of sp³-hybridized carbons (Fsp3) is 0.655. The minimum atomic E-state index is -1.73. The van der Waals surface area contributed by atoms with Crippen LogP contribution in [0.1, 0.15) is 110 Å². The molecule has 3 heteroatoms. The minimum Gasteiger partial charge on any atom is -0.265 e. The second-order valence-corrected chi connectivity index (χ2v) is 14.2. The zero-order valence-electron chi connectivity index (χ0n) is 21.0. The Hall–Kier alpha value is -1.48. The van der Waals surface area contributed by atoms with Gasteiger partial charge in [0, 0.05) is 24.8 Å². The molecular formula is C29H48N2Si. The Balaban J connectivity index is 1.52. The maximum absolute atomic E-state index is 4.42. The second kappa shape index (κ2) is 17.1. The first-order chi connectivity index (χ1) is 15.8. The van der Waals surface area contributed by atoms with Crippen LogP contribution in [0.3, 0.4) is 0 Å². The summed E-state index contributed by atoms with van der Waals surface area (Å²) in [6.07, 6.45) is 30.7. The lowest BCUT2D eigenvalue weighted by molar-refractivity contribution is 0.531. The summed E-state index contributed by atoms with van der Waals surface area (Å²) in [5.41, 5.74) is 0. The standard InChI is InChI=1S/C29H48N2Si/c1-3-4-5-6-7-8-9-10-11-12-13-14-15-16-17-18-25-32(2,28-21-19-23-30-26-28)29-22-20-24-31-27-29/h19-24,26-27H,3-18,25H2,1-2H3. The topological polar surface area (TPSA) is 25.8 Å². The largest absolute Gasteiger partial charge is 0.265 e. The van der Waals surface area contributed by atoms with E-state index in [9.17, 15) is 0 Å². The second-order valence-electron chi connectivity index (χ2n) is 9.87. The van der Waals surface area contributed by atoms with E-state index in [-0.39, 0.29) is 0 Å². The summed E-state index contributed by atoms with van der Waals surface area (Å²) in [5.74, 6) is 0. The first-order valence-corrected chi connectivity index (χ1v) is 16.3. The van der Waals surface area contributed by atoms with Gasteiger partial charge < -0.3 is 0 Å². The summed E-state index contributed by atoms with van der Waals surface area (Å²) in [7, 11) is -1.73. The first-order valence-electron chi connectivity index (χ1n) is 13.6. The van der Waals surface area contributed by atoms with Crippen LogP contribution < -0.4 is 10.4 Å². The van der Waals surface area contributed by atoms with E-state index >= 15 is 0 Å². The zero-order valence-corrected chi connectivity index (χ0v) is 22.0. The molecule has 0 radical (unpaired) electrons. The Bertz CT molecular complexity index is 635. The van der Waals surface area contributed by atoms with E-state index in [0.29, 0.717) is 0 Å². The SMILES string of the molecule is CCCCCCCCCCCCCCCCCC[Si](C)(c1cccnc1)c1cccnc1. The molecule has 0 aliphatic heterocycles. The zero-order chi connectivity index (χ0) is 22.7. The van der Waals surface area contributed by atoms with Crippen LogP contribution in [0.15, 0.2) is 49.1 Å². The van der Waals surface area contributed by atoms with E-state index < -0.39 is 8.07 Å². The number of unbranched alkanes of at least 4 members (excludes halogenated alkanes) is 15. The molecule has 2 rings (SSSR count). The summed E-state index contributed by atoms with van der Waals surface area (Å²) in [5, 5.41) is 2.88. The van der Waals surface area contributed by atoms with Crippen LogP contribution in [0.5, 0.6) is 0 Å². The lowest BCUT2D eigenvalue weighted by atomic mass is 10.0. The highest BCUT2D eigenvalue weighted by Crippen LogP contribution is 2.18. The van der Waals surface area contributed by atoms with Gasteiger partial charge in [-0.3, -0.25) is 9.97 Å². The molecule has 178 valence electrons. The Morgan fingerprint density at radius 1 is 0.562 bits per heavy atom. The number of nitrogens with zero attached hydrogens (tertiary/aromatic N) is 2. The third kappa shape index (κ3) is 10.4. The molecule has 0 bridgehead atoms.